The lowest BCUT2D eigenvalue weighted by Gasteiger charge is -2.34. The highest BCUT2D eigenvalue weighted by Gasteiger charge is 2.36. The zero-order valence-electron chi connectivity index (χ0n) is 13.8. The highest BCUT2D eigenvalue weighted by molar-refractivity contribution is 5.21. The van der Waals surface area contributed by atoms with Crippen molar-refractivity contribution >= 4 is 0 Å². The second-order valence-electron chi connectivity index (χ2n) is 8.05. The minimum absolute atomic E-state index is 0.459. The SMILES string of the molecule is CC(C)(C)CCC1=CC2CCC(C1)N2Cc1ccccc1. The molecule has 3 rings (SSSR count). The van der Waals surface area contributed by atoms with Gasteiger partial charge in [-0.25, -0.2) is 0 Å². The van der Waals surface area contributed by atoms with Gasteiger partial charge >= 0.3 is 0 Å². The first kappa shape index (κ1) is 14.8. The zero-order chi connectivity index (χ0) is 14.9. The maximum absolute atomic E-state index is 2.73. The van der Waals surface area contributed by atoms with Crippen LogP contribution in [0.25, 0.3) is 0 Å². The first-order chi connectivity index (χ1) is 10.0. The van der Waals surface area contributed by atoms with Gasteiger partial charge in [-0.2, -0.15) is 0 Å². The Morgan fingerprint density at radius 2 is 1.86 bits per heavy atom. The number of hydrogen-bond donors (Lipinski definition) is 0. The number of hydrogen-bond acceptors (Lipinski definition) is 1. The molecule has 2 heterocycles. The van der Waals surface area contributed by atoms with Crippen molar-refractivity contribution in [3.8, 4) is 0 Å². The van der Waals surface area contributed by atoms with Gasteiger partial charge in [-0.3, -0.25) is 4.90 Å². The van der Waals surface area contributed by atoms with Crippen LogP contribution in [0.1, 0.15) is 58.4 Å². The molecule has 1 aromatic rings. The molecule has 2 aliphatic heterocycles. The molecule has 2 atom stereocenters. The van der Waals surface area contributed by atoms with Crippen LogP contribution < -0.4 is 0 Å². The van der Waals surface area contributed by atoms with E-state index in [2.05, 4.69) is 62.1 Å². The Hall–Kier alpha value is -1.08. The molecule has 0 saturated carbocycles. The molecule has 0 radical (unpaired) electrons. The highest BCUT2D eigenvalue weighted by Crippen LogP contribution is 2.38. The topological polar surface area (TPSA) is 3.24 Å². The van der Waals surface area contributed by atoms with Crippen molar-refractivity contribution in [1.82, 2.24) is 4.90 Å². The van der Waals surface area contributed by atoms with Crippen LogP contribution in [-0.2, 0) is 6.54 Å². The van der Waals surface area contributed by atoms with Crippen molar-refractivity contribution in [2.45, 2.75) is 71.5 Å². The fourth-order valence-electron chi connectivity index (χ4n) is 3.77. The summed E-state index contributed by atoms with van der Waals surface area (Å²) >= 11 is 0. The van der Waals surface area contributed by atoms with E-state index in [0.29, 0.717) is 11.5 Å². The summed E-state index contributed by atoms with van der Waals surface area (Å²) in [4.78, 5) is 2.73. The third-order valence-electron chi connectivity index (χ3n) is 5.02. The van der Waals surface area contributed by atoms with Gasteiger partial charge in [-0.15, -0.1) is 0 Å². The second kappa shape index (κ2) is 5.96. The van der Waals surface area contributed by atoms with Crippen molar-refractivity contribution in [2.24, 2.45) is 5.41 Å². The van der Waals surface area contributed by atoms with E-state index in [1.54, 1.807) is 5.57 Å². The third-order valence-corrected chi connectivity index (χ3v) is 5.02. The van der Waals surface area contributed by atoms with Crippen LogP contribution >= 0.6 is 0 Å². The van der Waals surface area contributed by atoms with Crippen molar-refractivity contribution in [3.63, 3.8) is 0 Å². The van der Waals surface area contributed by atoms with Gasteiger partial charge in [0.05, 0.1) is 0 Å². The average Bonchev–Trinajstić information content (AvgIpc) is 2.69. The predicted octanol–water partition coefficient (Wildman–Crippen LogP) is 5.18. The molecule has 1 saturated heterocycles. The van der Waals surface area contributed by atoms with Gasteiger partial charge in [0.2, 0.25) is 0 Å². The van der Waals surface area contributed by atoms with E-state index in [1.165, 1.54) is 37.7 Å². The molecule has 2 unspecified atom stereocenters. The molecule has 0 amide bonds. The first-order valence-electron chi connectivity index (χ1n) is 8.50. The molecule has 114 valence electrons. The second-order valence-corrected chi connectivity index (χ2v) is 8.05. The molecular weight excluding hydrogens is 254 g/mol. The van der Waals surface area contributed by atoms with E-state index in [1.807, 2.05) is 0 Å². The summed E-state index contributed by atoms with van der Waals surface area (Å²) in [6, 6.07) is 12.4. The van der Waals surface area contributed by atoms with E-state index in [4.69, 9.17) is 0 Å². The monoisotopic (exact) mass is 283 g/mol. The maximum Gasteiger partial charge on any atom is 0.0288 e. The van der Waals surface area contributed by atoms with Crippen molar-refractivity contribution in [1.29, 1.82) is 0 Å². The summed E-state index contributed by atoms with van der Waals surface area (Å²) in [5.41, 5.74) is 3.64. The van der Waals surface area contributed by atoms with E-state index in [0.717, 1.165) is 12.6 Å². The van der Waals surface area contributed by atoms with Gasteiger partial charge in [0.1, 0.15) is 0 Å². The standard InChI is InChI=1S/C20H29N/c1-20(2,3)12-11-17-13-18-9-10-19(14-17)21(18)15-16-7-5-4-6-8-16/h4-8,13,18-19H,9-12,14-15H2,1-3H3. The van der Waals surface area contributed by atoms with Crippen molar-refractivity contribution in [3.05, 3.63) is 47.5 Å². The van der Waals surface area contributed by atoms with Crippen LogP contribution in [0.5, 0.6) is 0 Å². The smallest absolute Gasteiger partial charge is 0.0288 e. The Labute approximate surface area is 130 Å². The van der Waals surface area contributed by atoms with E-state index >= 15 is 0 Å². The van der Waals surface area contributed by atoms with Crippen molar-refractivity contribution < 1.29 is 0 Å². The number of benzene rings is 1. The molecule has 1 heteroatoms. The lowest BCUT2D eigenvalue weighted by molar-refractivity contribution is 0.192. The van der Waals surface area contributed by atoms with Gasteiger partial charge in [0, 0.05) is 18.6 Å². The predicted molar refractivity (Wildman–Crippen MR) is 90.2 cm³/mol. The Kier molecular flexibility index (Phi) is 4.21. The largest absolute Gasteiger partial charge is 0.289 e. The Balaban J connectivity index is 1.64. The van der Waals surface area contributed by atoms with E-state index < -0.39 is 0 Å². The molecule has 0 N–H and O–H groups in total. The molecular formula is C20H29N. The van der Waals surface area contributed by atoms with Crippen LogP contribution in [0.15, 0.2) is 42.0 Å². The summed E-state index contributed by atoms with van der Waals surface area (Å²) < 4.78 is 0. The van der Waals surface area contributed by atoms with Gasteiger partial charge < -0.3 is 0 Å². The maximum atomic E-state index is 2.73. The fourth-order valence-corrected chi connectivity index (χ4v) is 3.77. The van der Waals surface area contributed by atoms with Crippen molar-refractivity contribution in [2.75, 3.05) is 0 Å². The quantitative estimate of drug-likeness (QED) is 0.688. The van der Waals surface area contributed by atoms with Gasteiger partial charge in [0.25, 0.3) is 0 Å². The first-order valence-corrected chi connectivity index (χ1v) is 8.50. The Bertz CT molecular complexity index is 494. The molecule has 0 aromatic heterocycles. The summed E-state index contributed by atoms with van der Waals surface area (Å²) in [6.45, 7) is 8.19. The molecule has 2 aliphatic rings. The van der Waals surface area contributed by atoms with E-state index in [9.17, 15) is 0 Å². The Morgan fingerprint density at radius 3 is 2.52 bits per heavy atom. The molecule has 1 nitrogen and oxygen atoms in total. The molecule has 1 fully saturated rings. The summed E-state index contributed by atoms with van der Waals surface area (Å²) in [5, 5.41) is 0. The van der Waals surface area contributed by atoms with Crippen LogP contribution in [0.2, 0.25) is 0 Å². The zero-order valence-corrected chi connectivity index (χ0v) is 13.8. The van der Waals surface area contributed by atoms with E-state index in [-0.39, 0.29) is 0 Å². The summed E-state index contributed by atoms with van der Waals surface area (Å²) in [7, 11) is 0. The van der Waals surface area contributed by atoms with Gasteiger partial charge in [-0.05, 0) is 43.1 Å². The lowest BCUT2D eigenvalue weighted by Crippen LogP contribution is -2.38. The number of nitrogens with zero attached hydrogens (tertiary/aromatic N) is 1. The van der Waals surface area contributed by atoms with Gasteiger partial charge in [0.15, 0.2) is 0 Å². The average molecular weight is 283 g/mol. The number of rotatable bonds is 4. The summed E-state index contributed by atoms with van der Waals surface area (Å²) in [5.74, 6) is 0. The molecule has 21 heavy (non-hydrogen) atoms. The highest BCUT2D eigenvalue weighted by atomic mass is 15.2. The van der Waals surface area contributed by atoms with Gasteiger partial charge in [-0.1, -0.05) is 62.8 Å². The van der Waals surface area contributed by atoms with Crippen LogP contribution in [0.4, 0.5) is 0 Å². The van der Waals surface area contributed by atoms with Crippen LogP contribution in [-0.4, -0.2) is 17.0 Å². The van der Waals surface area contributed by atoms with Crippen LogP contribution in [0.3, 0.4) is 0 Å². The number of fused-ring (bicyclic) bond motifs is 2. The Morgan fingerprint density at radius 1 is 1.10 bits per heavy atom. The lowest BCUT2D eigenvalue weighted by atomic mass is 9.86. The fraction of sp³-hybridized carbons (Fsp3) is 0.600. The normalized spacial score (nSPS) is 26.0. The summed E-state index contributed by atoms with van der Waals surface area (Å²) in [6.07, 6.45) is 9.26. The molecule has 0 aliphatic carbocycles. The third kappa shape index (κ3) is 3.77. The van der Waals surface area contributed by atoms with Crippen LogP contribution in [0, 0.1) is 5.41 Å². The minimum atomic E-state index is 0.459. The molecule has 2 bridgehead atoms. The minimum Gasteiger partial charge on any atom is -0.289 e. The molecule has 1 aromatic carbocycles. The molecule has 0 spiro atoms.